The molecule has 100 valence electrons. The topological polar surface area (TPSA) is 12.0 Å². The zero-order valence-electron chi connectivity index (χ0n) is 12.7. The summed E-state index contributed by atoms with van der Waals surface area (Å²) >= 11 is 0. The lowest BCUT2D eigenvalue weighted by Crippen LogP contribution is -2.25. The first-order chi connectivity index (χ1) is 8.36. The quantitative estimate of drug-likeness (QED) is 0.833. The molecule has 1 aliphatic carbocycles. The lowest BCUT2D eigenvalue weighted by Gasteiger charge is -2.23. The van der Waals surface area contributed by atoms with Crippen LogP contribution in [-0.2, 0) is 0 Å². The Kier molecular flexibility index (Phi) is 3.55. The largest absolute Gasteiger partial charge is 0.310 e. The van der Waals surface area contributed by atoms with Crippen molar-refractivity contribution in [2.75, 3.05) is 6.54 Å². The first-order valence-electron chi connectivity index (χ1n) is 7.18. The third-order valence-corrected chi connectivity index (χ3v) is 4.63. The van der Waals surface area contributed by atoms with E-state index in [0.717, 1.165) is 12.5 Å². The summed E-state index contributed by atoms with van der Waals surface area (Å²) in [4.78, 5) is 0. The average molecular weight is 245 g/mol. The van der Waals surface area contributed by atoms with Gasteiger partial charge >= 0.3 is 0 Å². The standard InChI is InChI=1S/C17H27N/c1-7-18-16(15-10-17(15,5)6)14-9-12(3)11(2)8-13(14)4/h8-9,15-16,18H,7,10H2,1-6H3. The number of hydrogen-bond acceptors (Lipinski definition) is 1. The van der Waals surface area contributed by atoms with Crippen molar-refractivity contribution >= 4 is 0 Å². The van der Waals surface area contributed by atoms with Gasteiger partial charge in [-0.15, -0.1) is 0 Å². The van der Waals surface area contributed by atoms with Gasteiger partial charge in [0, 0.05) is 6.04 Å². The maximum absolute atomic E-state index is 3.70. The second kappa shape index (κ2) is 4.70. The Hall–Kier alpha value is -0.820. The molecule has 0 saturated heterocycles. The summed E-state index contributed by atoms with van der Waals surface area (Å²) in [7, 11) is 0. The van der Waals surface area contributed by atoms with Crippen LogP contribution in [0.5, 0.6) is 0 Å². The molecular weight excluding hydrogens is 218 g/mol. The van der Waals surface area contributed by atoms with Gasteiger partial charge in [0.05, 0.1) is 0 Å². The second-order valence-electron chi connectivity index (χ2n) is 6.63. The molecule has 1 aliphatic rings. The van der Waals surface area contributed by atoms with Gasteiger partial charge in [-0.05, 0) is 67.3 Å². The van der Waals surface area contributed by atoms with Gasteiger partial charge in [-0.1, -0.05) is 32.9 Å². The number of benzene rings is 1. The van der Waals surface area contributed by atoms with E-state index in [-0.39, 0.29) is 0 Å². The van der Waals surface area contributed by atoms with Gasteiger partial charge < -0.3 is 5.32 Å². The predicted octanol–water partition coefficient (Wildman–Crippen LogP) is 4.31. The van der Waals surface area contributed by atoms with Crippen LogP contribution in [0.4, 0.5) is 0 Å². The Bertz CT molecular complexity index is 445. The summed E-state index contributed by atoms with van der Waals surface area (Å²) in [5, 5.41) is 3.70. The molecule has 2 rings (SSSR count). The van der Waals surface area contributed by atoms with E-state index in [1.54, 1.807) is 0 Å². The lowest BCUT2D eigenvalue weighted by atomic mass is 9.91. The molecule has 1 heteroatoms. The first-order valence-corrected chi connectivity index (χ1v) is 7.18. The molecule has 0 aliphatic heterocycles. The summed E-state index contributed by atoms with van der Waals surface area (Å²) in [5.74, 6) is 0.790. The van der Waals surface area contributed by atoms with Crippen molar-refractivity contribution in [1.29, 1.82) is 0 Å². The number of nitrogens with one attached hydrogen (secondary N) is 1. The van der Waals surface area contributed by atoms with Crippen molar-refractivity contribution in [1.82, 2.24) is 5.32 Å². The lowest BCUT2D eigenvalue weighted by molar-refractivity contribution is 0.422. The van der Waals surface area contributed by atoms with E-state index in [1.165, 1.54) is 28.7 Å². The zero-order chi connectivity index (χ0) is 13.5. The van der Waals surface area contributed by atoms with E-state index in [2.05, 4.69) is 59.0 Å². The second-order valence-corrected chi connectivity index (χ2v) is 6.63. The predicted molar refractivity (Wildman–Crippen MR) is 79.0 cm³/mol. The highest BCUT2D eigenvalue weighted by Crippen LogP contribution is 2.58. The number of aryl methyl sites for hydroxylation is 3. The van der Waals surface area contributed by atoms with Gasteiger partial charge in [0.2, 0.25) is 0 Å². The third-order valence-electron chi connectivity index (χ3n) is 4.63. The van der Waals surface area contributed by atoms with Crippen LogP contribution >= 0.6 is 0 Å². The summed E-state index contributed by atoms with van der Waals surface area (Å²) < 4.78 is 0. The number of hydrogen-bond donors (Lipinski definition) is 1. The van der Waals surface area contributed by atoms with Gasteiger partial charge in [-0.2, -0.15) is 0 Å². The van der Waals surface area contributed by atoms with Crippen LogP contribution in [0.15, 0.2) is 12.1 Å². The smallest absolute Gasteiger partial charge is 0.0356 e. The molecule has 1 fully saturated rings. The molecule has 18 heavy (non-hydrogen) atoms. The van der Waals surface area contributed by atoms with E-state index >= 15 is 0 Å². The number of rotatable bonds is 4. The van der Waals surface area contributed by atoms with Crippen LogP contribution in [-0.4, -0.2) is 6.54 Å². The van der Waals surface area contributed by atoms with Crippen LogP contribution in [0.2, 0.25) is 0 Å². The maximum atomic E-state index is 3.70. The van der Waals surface area contributed by atoms with Crippen molar-refractivity contribution in [2.24, 2.45) is 11.3 Å². The van der Waals surface area contributed by atoms with E-state index in [4.69, 9.17) is 0 Å². The van der Waals surface area contributed by atoms with Gasteiger partial charge in [-0.25, -0.2) is 0 Å². The Morgan fingerprint density at radius 2 is 1.72 bits per heavy atom. The van der Waals surface area contributed by atoms with Crippen LogP contribution in [0, 0.1) is 32.1 Å². The molecule has 1 aromatic carbocycles. The zero-order valence-corrected chi connectivity index (χ0v) is 12.7. The Morgan fingerprint density at radius 3 is 2.22 bits per heavy atom. The Labute approximate surface area is 112 Å². The first kappa shape index (κ1) is 13.6. The fraction of sp³-hybridized carbons (Fsp3) is 0.647. The fourth-order valence-electron chi connectivity index (χ4n) is 3.08. The van der Waals surface area contributed by atoms with Crippen molar-refractivity contribution < 1.29 is 0 Å². The molecule has 2 atom stereocenters. The SMILES string of the molecule is CCNC(c1cc(C)c(C)cc1C)C1CC1(C)C. The van der Waals surface area contributed by atoms with E-state index in [0.29, 0.717) is 11.5 Å². The van der Waals surface area contributed by atoms with Gasteiger partial charge in [0.1, 0.15) is 0 Å². The minimum Gasteiger partial charge on any atom is -0.310 e. The van der Waals surface area contributed by atoms with E-state index < -0.39 is 0 Å². The minimum absolute atomic E-state index is 0.512. The minimum atomic E-state index is 0.512. The monoisotopic (exact) mass is 245 g/mol. The van der Waals surface area contributed by atoms with E-state index in [9.17, 15) is 0 Å². The fourth-order valence-corrected chi connectivity index (χ4v) is 3.08. The molecular formula is C17H27N. The normalized spacial score (nSPS) is 22.9. The summed E-state index contributed by atoms with van der Waals surface area (Å²) in [5.41, 5.74) is 6.28. The third kappa shape index (κ3) is 2.47. The highest BCUT2D eigenvalue weighted by molar-refractivity contribution is 5.39. The molecule has 1 nitrogen and oxygen atoms in total. The van der Waals surface area contributed by atoms with Crippen LogP contribution in [0.25, 0.3) is 0 Å². The highest BCUT2D eigenvalue weighted by Gasteiger charge is 2.50. The summed E-state index contributed by atoms with van der Waals surface area (Å²) in [6, 6.07) is 5.26. The van der Waals surface area contributed by atoms with E-state index in [1.807, 2.05) is 0 Å². The Morgan fingerprint density at radius 1 is 1.17 bits per heavy atom. The molecule has 2 unspecified atom stereocenters. The van der Waals surface area contributed by atoms with Gasteiger partial charge in [-0.3, -0.25) is 0 Å². The maximum Gasteiger partial charge on any atom is 0.0356 e. The van der Waals surface area contributed by atoms with Crippen molar-refractivity contribution in [3.05, 3.63) is 34.4 Å². The molecule has 0 bridgehead atoms. The van der Waals surface area contributed by atoms with Crippen LogP contribution in [0.1, 0.15) is 55.5 Å². The molecule has 1 aromatic rings. The van der Waals surface area contributed by atoms with Crippen molar-refractivity contribution in [3.63, 3.8) is 0 Å². The molecule has 0 spiro atoms. The van der Waals surface area contributed by atoms with Gasteiger partial charge in [0.15, 0.2) is 0 Å². The summed E-state index contributed by atoms with van der Waals surface area (Å²) in [6.45, 7) is 14.7. The molecule has 0 heterocycles. The molecule has 1 saturated carbocycles. The molecule has 1 N–H and O–H groups in total. The highest BCUT2D eigenvalue weighted by atomic mass is 14.9. The van der Waals surface area contributed by atoms with Gasteiger partial charge in [0.25, 0.3) is 0 Å². The summed E-state index contributed by atoms with van der Waals surface area (Å²) in [6.07, 6.45) is 1.34. The molecule has 0 aromatic heterocycles. The molecule has 0 radical (unpaired) electrons. The van der Waals surface area contributed by atoms with Crippen molar-refractivity contribution in [2.45, 2.75) is 54.0 Å². The van der Waals surface area contributed by atoms with Crippen LogP contribution < -0.4 is 5.32 Å². The van der Waals surface area contributed by atoms with Crippen LogP contribution in [0.3, 0.4) is 0 Å². The van der Waals surface area contributed by atoms with Crippen molar-refractivity contribution in [3.8, 4) is 0 Å². The average Bonchev–Trinajstić information content (AvgIpc) is 2.90. The Balaban J connectivity index is 2.34. The molecule has 0 amide bonds.